The van der Waals surface area contributed by atoms with Gasteiger partial charge < -0.3 is 4.98 Å². The maximum absolute atomic E-state index is 4.35. The number of aryl methyl sites for hydroxylation is 3. The van der Waals surface area contributed by atoms with E-state index in [9.17, 15) is 0 Å². The van der Waals surface area contributed by atoms with Crippen molar-refractivity contribution in [3.8, 4) is 11.3 Å². The molecule has 0 spiro atoms. The zero-order chi connectivity index (χ0) is 15.4. The zero-order valence-corrected chi connectivity index (χ0v) is 14.0. The van der Waals surface area contributed by atoms with Crippen molar-refractivity contribution in [3.63, 3.8) is 0 Å². The van der Waals surface area contributed by atoms with Crippen LogP contribution in [0.3, 0.4) is 0 Å². The average Bonchev–Trinajstić information content (AvgIpc) is 3.19. The summed E-state index contributed by atoms with van der Waals surface area (Å²) in [5, 5.41) is 7.93. The molecular formula is C17H18N4S. The minimum atomic E-state index is 0.934. The SMILES string of the molecule is CCc1c(-c2cn3ncnc3c(C)c2C)[nH]c2scc(C)c12. The molecule has 0 fully saturated rings. The lowest BCUT2D eigenvalue weighted by Gasteiger charge is -2.11. The third-order valence-electron chi connectivity index (χ3n) is 4.57. The van der Waals surface area contributed by atoms with Crippen molar-refractivity contribution < 1.29 is 0 Å². The number of rotatable bonds is 2. The van der Waals surface area contributed by atoms with Crippen molar-refractivity contribution in [2.24, 2.45) is 0 Å². The molecule has 0 bridgehead atoms. The fourth-order valence-corrected chi connectivity index (χ4v) is 4.24. The Hall–Kier alpha value is -2.14. The minimum absolute atomic E-state index is 0.934. The molecule has 0 amide bonds. The van der Waals surface area contributed by atoms with E-state index in [2.05, 4.69) is 54.3 Å². The third-order valence-corrected chi connectivity index (χ3v) is 5.58. The van der Waals surface area contributed by atoms with Crippen molar-refractivity contribution >= 4 is 27.2 Å². The summed E-state index contributed by atoms with van der Waals surface area (Å²) in [5.74, 6) is 0. The van der Waals surface area contributed by atoms with Crippen molar-refractivity contribution in [2.75, 3.05) is 0 Å². The maximum atomic E-state index is 4.35. The summed E-state index contributed by atoms with van der Waals surface area (Å²) in [6, 6.07) is 0. The Morgan fingerprint density at radius 3 is 2.82 bits per heavy atom. The first-order chi connectivity index (χ1) is 10.6. The molecule has 4 aromatic heterocycles. The quantitative estimate of drug-likeness (QED) is 0.595. The van der Waals surface area contributed by atoms with Crippen LogP contribution in [0.2, 0.25) is 0 Å². The summed E-state index contributed by atoms with van der Waals surface area (Å²) in [6.07, 6.45) is 4.72. The van der Waals surface area contributed by atoms with E-state index in [4.69, 9.17) is 0 Å². The van der Waals surface area contributed by atoms with Gasteiger partial charge in [0.1, 0.15) is 11.2 Å². The maximum Gasteiger partial charge on any atom is 0.158 e. The van der Waals surface area contributed by atoms with Gasteiger partial charge in [0.05, 0.1) is 5.69 Å². The van der Waals surface area contributed by atoms with Crippen molar-refractivity contribution in [3.05, 3.63) is 40.2 Å². The Labute approximate surface area is 132 Å². The van der Waals surface area contributed by atoms with E-state index in [1.54, 1.807) is 17.7 Å². The first kappa shape index (κ1) is 13.5. The molecule has 0 radical (unpaired) electrons. The van der Waals surface area contributed by atoms with E-state index in [1.807, 2.05) is 4.52 Å². The van der Waals surface area contributed by atoms with E-state index >= 15 is 0 Å². The summed E-state index contributed by atoms with van der Waals surface area (Å²) in [7, 11) is 0. The summed E-state index contributed by atoms with van der Waals surface area (Å²) in [4.78, 5) is 9.25. The zero-order valence-electron chi connectivity index (χ0n) is 13.2. The monoisotopic (exact) mass is 310 g/mol. The molecule has 0 aliphatic carbocycles. The lowest BCUT2D eigenvalue weighted by molar-refractivity contribution is 0.951. The molecule has 5 heteroatoms. The van der Waals surface area contributed by atoms with Crippen LogP contribution < -0.4 is 0 Å². The minimum Gasteiger partial charge on any atom is -0.346 e. The standard InChI is InChI=1S/C17H18N4S/c1-5-12-14-9(2)7-22-17(14)20-15(12)13-6-21-16(18-8-19-21)11(4)10(13)3/h6-8,20H,5H2,1-4H3. The van der Waals surface area contributed by atoms with E-state index in [1.165, 1.54) is 43.7 Å². The fourth-order valence-electron chi connectivity index (χ4n) is 3.26. The Bertz CT molecular complexity index is 1000. The van der Waals surface area contributed by atoms with Gasteiger partial charge in [0, 0.05) is 17.1 Å². The smallest absolute Gasteiger partial charge is 0.158 e. The van der Waals surface area contributed by atoms with Crippen LogP contribution in [0.4, 0.5) is 0 Å². The molecule has 4 aromatic rings. The van der Waals surface area contributed by atoms with Gasteiger partial charge in [-0.25, -0.2) is 9.50 Å². The van der Waals surface area contributed by atoms with Crippen LogP contribution >= 0.6 is 11.3 Å². The Morgan fingerprint density at radius 1 is 1.23 bits per heavy atom. The second-order valence-corrected chi connectivity index (χ2v) is 6.66. The lowest BCUT2D eigenvalue weighted by atomic mass is 9.98. The highest BCUT2D eigenvalue weighted by atomic mass is 32.1. The third kappa shape index (κ3) is 1.69. The van der Waals surface area contributed by atoms with E-state index in [0.717, 1.165) is 12.1 Å². The fraction of sp³-hybridized carbons (Fsp3) is 0.294. The Morgan fingerprint density at radius 2 is 2.05 bits per heavy atom. The largest absolute Gasteiger partial charge is 0.346 e. The highest BCUT2D eigenvalue weighted by Gasteiger charge is 2.18. The summed E-state index contributed by atoms with van der Waals surface area (Å²) < 4.78 is 1.87. The van der Waals surface area contributed by atoms with Crippen molar-refractivity contribution in [1.29, 1.82) is 0 Å². The van der Waals surface area contributed by atoms with E-state index in [0.29, 0.717) is 0 Å². The molecule has 22 heavy (non-hydrogen) atoms. The normalized spacial score (nSPS) is 11.8. The van der Waals surface area contributed by atoms with Crippen LogP contribution in [-0.4, -0.2) is 19.6 Å². The van der Waals surface area contributed by atoms with Crippen molar-refractivity contribution in [2.45, 2.75) is 34.1 Å². The molecule has 0 saturated carbocycles. The van der Waals surface area contributed by atoms with Gasteiger partial charge in [-0.15, -0.1) is 11.3 Å². The molecule has 4 heterocycles. The second-order valence-electron chi connectivity index (χ2n) is 5.78. The summed E-state index contributed by atoms with van der Waals surface area (Å²) in [5.41, 5.74) is 8.59. The number of aromatic amines is 1. The van der Waals surface area contributed by atoms with Crippen molar-refractivity contribution in [1.82, 2.24) is 19.6 Å². The number of pyridine rings is 1. The van der Waals surface area contributed by atoms with E-state index < -0.39 is 0 Å². The number of H-pyrrole nitrogens is 1. The molecule has 0 unspecified atom stereocenters. The predicted octanol–water partition coefficient (Wildman–Crippen LogP) is 4.43. The van der Waals surface area contributed by atoms with Gasteiger partial charge in [0.25, 0.3) is 0 Å². The molecule has 0 aliphatic heterocycles. The molecule has 112 valence electrons. The summed E-state index contributed by atoms with van der Waals surface area (Å²) >= 11 is 1.78. The number of aromatic nitrogens is 4. The number of nitrogens with zero attached hydrogens (tertiary/aromatic N) is 3. The van der Waals surface area contributed by atoms with Crippen LogP contribution in [0.5, 0.6) is 0 Å². The van der Waals surface area contributed by atoms with Gasteiger partial charge in [-0.3, -0.25) is 0 Å². The van der Waals surface area contributed by atoms with Gasteiger partial charge in [-0.05, 0) is 54.8 Å². The second kappa shape index (κ2) is 4.68. The molecule has 4 rings (SSSR count). The number of thiophene rings is 1. The molecular weight excluding hydrogens is 292 g/mol. The molecule has 0 aliphatic rings. The van der Waals surface area contributed by atoms with Crippen LogP contribution in [0.1, 0.15) is 29.2 Å². The predicted molar refractivity (Wildman–Crippen MR) is 91.7 cm³/mol. The number of nitrogens with one attached hydrogen (secondary N) is 1. The van der Waals surface area contributed by atoms with Gasteiger partial charge in [-0.2, -0.15) is 5.10 Å². The molecule has 0 saturated heterocycles. The first-order valence-corrected chi connectivity index (χ1v) is 8.38. The van der Waals surface area contributed by atoms with Gasteiger partial charge in [0.15, 0.2) is 5.65 Å². The Balaban J connectivity index is 2.08. The first-order valence-electron chi connectivity index (χ1n) is 7.50. The topological polar surface area (TPSA) is 46.0 Å². The van der Waals surface area contributed by atoms with Crippen LogP contribution in [-0.2, 0) is 6.42 Å². The lowest BCUT2D eigenvalue weighted by Crippen LogP contribution is -1.98. The molecule has 0 atom stereocenters. The highest BCUT2D eigenvalue weighted by molar-refractivity contribution is 7.17. The van der Waals surface area contributed by atoms with E-state index in [-0.39, 0.29) is 0 Å². The highest BCUT2D eigenvalue weighted by Crippen LogP contribution is 2.37. The summed E-state index contributed by atoms with van der Waals surface area (Å²) in [6.45, 7) is 8.69. The van der Waals surface area contributed by atoms with Crippen LogP contribution in [0, 0.1) is 20.8 Å². The number of hydrogen-bond acceptors (Lipinski definition) is 3. The average molecular weight is 310 g/mol. The number of fused-ring (bicyclic) bond motifs is 2. The van der Waals surface area contributed by atoms with Gasteiger partial charge in [0.2, 0.25) is 0 Å². The number of hydrogen-bond donors (Lipinski definition) is 1. The Kier molecular flexibility index (Phi) is 2.87. The van der Waals surface area contributed by atoms with Crippen LogP contribution in [0.25, 0.3) is 27.1 Å². The molecule has 0 aromatic carbocycles. The van der Waals surface area contributed by atoms with Gasteiger partial charge in [-0.1, -0.05) is 6.92 Å². The van der Waals surface area contributed by atoms with Gasteiger partial charge >= 0.3 is 0 Å². The molecule has 4 nitrogen and oxygen atoms in total. The van der Waals surface area contributed by atoms with Crippen LogP contribution in [0.15, 0.2) is 17.9 Å². The molecule has 1 N–H and O–H groups in total.